The number of nitrogens with one attached hydrogen (secondary N) is 2. The molecule has 0 aromatic heterocycles. The van der Waals surface area contributed by atoms with Crippen molar-refractivity contribution in [2.24, 2.45) is 0 Å². The summed E-state index contributed by atoms with van der Waals surface area (Å²) in [7, 11) is 1.46. The van der Waals surface area contributed by atoms with Crippen LogP contribution < -0.4 is 15.4 Å². The molecule has 144 valence electrons. The van der Waals surface area contributed by atoms with E-state index in [9.17, 15) is 19.5 Å². The molecule has 1 heterocycles. The highest BCUT2D eigenvalue weighted by atomic mass is 35.5. The number of hydrogen-bond acceptors (Lipinski definition) is 5. The first kappa shape index (κ1) is 19.2. The Labute approximate surface area is 165 Å². The van der Waals surface area contributed by atoms with Gasteiger partial charge in [-0.3, -0.25) is 9.59 Å². The molecule has 2 aromatic carbocycles. The lowest BCUT2D eigenvalue weighted by Gasteiger charge is -2.13. The molecular formula is C19H16ClN3O5. The van der Waals surface area contributed by atoms with Gasteiger partial charge < -0.3 is 20.5 Å². The van der Waals surface area contributed by atoms with E-state index in [1.54, 1.807) is 24.3 Å². The van der Waals surface area contributed by atoms with E-state index in [2.05, 4.69) is 10.6 Å². The average Bonchev–Trinajstić information content (AvgIpc) is 2.92. The van der Waals surface area contributed by atoms with Crippen molar-refractivity contribution in [2.45, 2.75) is 0 Å². The minimum atomic E-state index is -0.743. The molecule has 4 amide bonds. The number of phenols is 1. The molecule has 1 aliphatic heterocycles. The van der Waals surface area contributed by atoms with Crippen molar-refractivity contribution < 1.29 is 24.2 Å². The average molecular weight is 402 g/mol. The second-order valence-electron chi connectivity index (χ2n) is 5.83. The molecule has 0 unspecified atom stereocenters. The number of rotatable bonds is 5. The number of nitrogens with zero attached hydrogens (tertiary/aromatic N) is 1. The number of halogens is 1. The van der Waals surface area contributed by atoms with Crippen molar-refractivity contribution >= 4 is 41.2 Å². The van der Waals surface area contributed by atoms with Gasteiger partial charge in [0.1, 0.15) is 23.7 Å². The number of methoxy groups -OCH3 is 1. The predicted octanol–water partition coefficient (Wildman–Crippen LogP) is 2.59. The maximum atomic E-state index is 12.5. The van der Waals surface area contributed by atoms with Gasteiger partial charge >= 0.3 is 6.03 Å². The van der Waals surface area contributed by atoms with Crippen LogP contribution in [-0.2, 0) is 9.59 Å². The van der Waals surface area contributed by atoms with Crippen molar-refractivity contribution in [2.75, 3.05) is 19.0 Å². The van der Waals surface area contributed by atoms with Crippen LogP contribution in [0, 0.1) is 0 Å². The van der Waals surface area contributed by atoms with E-state index in [1.807, 2.05) is 0 Å². The summed E-state index contributed by atoms with van der Waals surface area (Å²) in [5.74, 6) is -0.921. The van der Waals surface area contributed by atoms with E-state index >= 15 is 0 Å². The van der Waals surface area contributed by atoms with Gasteiger partial charge in [0.25, 0.3) is 5.91 Å². The number of carbonyl (C=O) groups excluding carboxylic acids is 3. The summed E-state index contributed by atoms with van der Waals surface area (Å²) in [6, 6.07) is 10.3. The minimum Gasteiger partial charge on any atom is -0.507 e. The number of carbonyl (C=O) groups is 3. The molecule has 3 N–H and O–H groups in total. The van der Waals surface area contributed by atoms with Crippen LogP contribution in [0.2, 0.25) is 5.02 Å². The van der Waals surface area contributed by atoms with Gasteiger partial charge in [-0.2, -0.15) is 0 Å². The molecule has 0 aliphatic carbocycles. The summed E-state index contributed by atoms with van der Waals surface area (Å²) in [4.78, 5) is 37.6. The van der Waals surface area contributed by atoms with Gasteiger partial charge in [0.15, 0.2) is 0 Å². The van der Waals surface area contributed by atoms with Crippen LogP contribution in [0.25, 0.3) is 6.08 Å². The molecule has 8 nitrogen and oxygen atoms in total. The third-order valence-corrected chi connectivity index (χ3v) is 4.17. The van der Waals surface area contributed by atoms with Gasteiger partial charge in [0, 0.05) is 10.6 Å². The summed E-state index contributed by atoms with van der Waals surface area (Å²) in [6.07, 6.45) is 1.29. The molecule has 3 rings (SSSR count). The zero-order chi connectivity index (χ0) is 20.3. The molecular weight excluding hydrogens is 386 g/mol. The zero-order valence-electron chi connectivity index (χ0n) is 14.7. The molecule has 0 spiro atoms. The number of para-hydroxylation sites is 2. The highest BCUT2D eigenvalue weighted by Crippen LogP contribution is 2.25. The molecule has 0 atom stereocenters. The predicted molar refractivity (Wildman–Crippen MR) is 103 cm³/mol. The van der Waals surface area contributed by atoms with Gasteiger partial charge in [-0.25, -0.2) is 9.69 Å². The largest absolute Gasteiger partial charge is 0.507 e. The monoisotopic (exact) mass is 401 g/mol. The first-order valence-electron chi connectivity index (χ1n) is 8.15. The van der Waals surface area contributed by atoms with Crippen molar-refractivity contribution in [3.05, 3.63) is 58.7 Å². The van der Waals surface area contributed by atoms with Crippen LogP contribution in [0.15, 0.2) is 48.2 Å². The Morgan fingerprint density at radius 3 is 2.79 bits per heavy atom. The van der Waals surface area contributed by atoms with Crippen LogP contribution in [0.5, 0.6) is 11.5 Å². The van der Waals surface area contributed by atoms with Crippen LogP contribution in [0.3, 0.4) is 0 Å². The van der Waals surface area contributed by atoms with Gasteiger partial charge in [-0.15, -0.1) is 0 Å². The fraction of sp³-hybridized carbons (Fsp3) is 0.105. The fourth-order valence-electron chi connectivity index (χ4n) is 2.59. The van der Waals surface area contributed by atoms with E-state index in [4.69, 9.17) is 16.3 Å². The molecule has 1 saturated heterocycles. The number of urea groups is 1. The fourth-order valence-corrected chi connectivity index (χ4v) is 2.77. The summed E-state index contributed by atoms with van der Waals surface area (Å²) in [5, 5.41) is 15.2. The summed E-state index contributed by atoms with van der Waals surface area (Å²) >= 11 is 5.88. The van der Waals surface area contributed by atoms with Crippen molar-refractivity contribution in [1.29, 1.82) is 0 Å². The number of aromatic hydroxyl groups is 1. The number of benzene rings is 2. The van der Waals surface area contributed by atoms with E-state index in [1.165, 1.54) is 31.4 Å². The van der Waals surface area contributed by atoms with Crippen LogP contribution in [0.1, 0.15) is 5.56 Å². The van der Waals surface area contributed by atoms with E-state index < -0.39 is 24.4 Å². The molecule has 0 radical (unpaired) electrons. The Morgan fingerprint density at radius 2 is 2.04 bits per heavy atom. The number of imide groups is 1. The second kappa shape index (κ2) is 8.01. The first-order valence-corrected chi connectivity index (χ1v) is 8.53. The smallest absolute Gasteiger partial charge is 0.329 e. The molecule has 1 fully saturated rings. The molecule has 0 saturated carbocycles. The molecule has 28 heavy (non-hydrogen) atoms. The Bertz CT molecular complexity index is 989. The van der Waals surface area contributed by atoms with Gasteiger partial charge in [0.2, 0.25) is 5.91 Å². The van der Waals surface area contributed by atoms with E-state index in [0.717, 1.165) is 4.90 Å². The first-order chi connectivity index (χ1) is 13.4. The van der Waals surface area contributed by atoms with Gasteiger partial charge in [0.05, 0.1) is 12.8 Å². The lowest BCUT2D eigenvalue weighted by molar-refractivity contribution is -0.127. The second-order valence-corrected chi connectivity index (χ2v) is 6.27. The topological polar surface area (TPSA) is 108 Å². The van der Waals surface area contributed by atoms with E-state index in [-0.39, 0.29) is 17.0 Å². The van der Waals surface area contributed by atoms with E-state index in [0.29, 0.717) is 16.5 Å². The minimum absolute atomic E-state index is 0.0762. The van der Waals surface area contributed by atoms with Gasteiger partial charge in [-0.1, -0.05) is 23.7 Å². The Kier molecular flexibility index (Phi) is 5.51. The summed E-state index contributed by atoms with van der Waals surface area (Å²) in [5.41, 5.74) is 0.603. The SMILES string of the molecule is COc1ccccc1NC(=O)CN1C(=O)N/C(=C/c2cc(Cl)ccc2O)C1=O. The Morgan fingerprint density at radius 1 is 1.29 bits per heavy atom. The zero-order valence-corrected chi connectivity index (χ0v) is 15.5. The maximum absolute atomic E-state index is 12.5. The van der Waals surface area contributed by atoms with Crippen LogP contribution in [-0.4, -0.2) is 41.5 Å². The summed E-state index contributed by atoms with van der Waals surface area (Å²) < 4.78 is 5.14. The molecule has 9 heteroatoms. The third-order valence-electron chi connectivity index (χ3n) is 3.93. The highest BCUT2D eigenvalue weighted by molar-refractivity contribution is 6.30. The number of phenolic OH excluding ortho intramolecular Hbond substituents is 1. The number of ether oxygens (including phenoxy) is 1. The van der Waals surface area contributed by atoms with Crippen molar-refractivity contribution in [3.63, 3.8) is 0 Å². The molecule has 2 aromatic rings. The normalized spacial score (nSPS) is 14.9. The number of anilines is 1. The lowest BCUT2D eigenvalue weighted by Crippen LogP contribution is -2.38. The Hall–Kier alpha value is -3.52. The summed E-state index contributed by atoms with van der Waals surface area (Å²) in [6.45, 7) is -0.485. The lowest BCUT2D eigenvalue weighted by atomic mass is 10.1. The van der Waals surface area contributed by atoms with Crippen molar-refractivity contribution in [3.8, 4) is 11.5 Å². The van der Waals surface area contributed by atoms with Crippen LogP contribution >= 0.6 is 11.6 Å². The standard InChI is InChI=1S/C19H16ClN3O5/c1-28-16-5-3-2-4-13(16)21-17(25)10-23-18(26)14(22-19(23)27)9-11-8-12(20)6-7-15(11)24/h2-9,24H,10H2,1H3,(H,21,25)(H,22,27)/b14-9+. The maximum Gasteiger partial charge on any atom is 0.329 e. The third kappa shape index (κ3) is 4.07. The molecule has 1 aliphatic rings. The van der Waals surface area contributed by atoms with Crippen molar-refractivity contribution in [1.82, 2.24) is 10.2 Å². The number of amides is 4. The Balaban J connectivity index is 1.74. The number of hydrogen-bond donors (Lipinski definition) is 3. The quantitative estimate of drug-likeness (QED) is 0.527. The van der Waals surface area contributed by atoms with Gasteiger partial charge in [-0.05, 0) is 36.4 Å². The molecule has 0 bridgehead atoms. The highest BCUT2D eigenvalue weighted by Gasteiger charge is 2.35. The van der Waals surface area contributed by atoms with Crippen LogP contribution in [0.4, 0.5) is 10.5 Å².